The zero-order valence-electron chi connectivity index (χ0n) is 14.3. The molecule has 1 amide bonds. The van der Waals surface area contributed by atoms with Crippen molar-refractivity contribution in [3.63, 3.8) is 0 Å². The van der Waals surface area contributed by atoms with E-state index in [0.717, 1.165) is 5.56 Å². The first-order chi connectivity index (χ1) is 11.6. The number of nitrogens with one attached hydrogen (secondary N) is 2. The van der Waals surface area contributed by atoms with E-state index in [1.54, 1.807) is 13.8 Å². The quantitative estimate of drug-likeness (QED) is 0.441. The molecule has 0 bridgehead atoms. The molecule has 0 radical (unpaired) electrons. The number of carbonyl (C=O) groups excluding carboxylic acids is 1. The minimum atomic E-state index is -3.01. The second-order valence-corrected chi connectivity index (χ2v) is 7.09. The van der Waals surface area contributed by atoms with E-state index in [2.05, 4.69) is 10.6 Å². The van der Waals surface area contributed by atoms with Crippen molar-refractivity contribution in [1.82, 2.24) is 10.6 Å². The molecule has 2 N–H and O–H groups in total. The number of hydrogen-bond acceptors (Lipinski definition) is 6. The molecule has 136 valence electrons. The monoisotopic (exact) mass is 358 g/mol. The lowest BCUT2D eigenvalue weighted by molar-refractivity contribution is 0.139. The maximum atomic E-state index is 12.2. The summed E-state index contributed by atoms with van der Waals surface area (Å²) >= 11 is 0. The van der Waals surface area contributed by atoms with Crippen LogP contribution >= 0.6 is 7.60 Å². The molecule has 7 nitrogen and oxygen atoms in total. The van der Waals surface area contributed by atoms with Gasteiger partial charge in [-0.05, 0) is 19.4 Å². The van der Waals surface area contributed by atoms with Gasteiger partial charge < -0.3 is 24.4 Å². The standard InChI is InChI=1S/C16H27N2O5P/c1-3-22-24(20,23-4-2)13-12-17-10-11-18-16(19)21-14-15-8-6-5-7-9-15/h5-9,17H,3-4,10-14H2,1-2H3,(H,18,19). The van der Waals surface area contributed by atoms with Gasteiger partial charge in [-0.25, -0.2) is 4.79 Å². The molecule has 0 unspecified atom stereocenters. The molecule has 0 aliphatic carbocycles. The lowest BCUT2D eigenvalue weighted by Gasteiger charge is -2.17. The Labute approximate surface area is 143 Å². The minimum absolute atomic E-state index is 0.242. The molecule has 1 aromatic rings. The molecule has 24 heavy (non-hydrogen) atoms. The smallest absolute Gasteiger partial charge is 0.407 e. The summed E-state index contributed by atoms with van der Waals surface area (Å²) in [5.74, 6) is 0. The van der Waals surface area contributed by atoms with Crippen LogP contribution < -0.4 is 10.6 Å². The van der Waals surface area contributed by atoms with E-state index in [1.165, 1.54) is 0 Å². The molecule has 0 heterocycles. The second kappa shape index (κ2) is 12.0. The van der Waals surface area contributed by atoms with E-state index in [1.807, 2.05) is 30.3 Å². The summed E-state index contributed by atoms with van der Waals surface area (Å²) in [5.41, 5.74) is 0.938. The number of hydrogen-bond donors (Lipinski definition) is 2. The predicted molar refractivity (Wildman–Crippen MR) is 93.2 cm³/mol. The van der Waals surface area contributed by atoms with Gasteiger partial charge in [0.05, 0.1) is 19.4 Å². The van der Waals surface area contributed by atoms with Crippen LogP contribution in [0, 0.1) is 0 Å². The molecule has 0 atom stereocenters. The van der Waals surface area contributed by atoms with Crippen molar-refractivity contribution in [3.8, 4) is 0 Å². The third-order valence-electron chi connectivity index (χ3n) is 3.00. The van der Waals surface area contributed by atoms with Crippen LogP contribution in [-0.2, 0) is 25.0 Å². The summed E-state index contributed by atoms with van der Waals surface area (Å²) in [5, 5.41) is 5.73. The molecule has 0 saturated heterocycles. The lowest BCUT2D eigenvalue weighted by Crippen LogP contribution is -2.33. The van der Waals surface area contributed by atoms with E-state index in [0.29, 0.717) is 39.0 Å². The van der Waals surface area contributed by atoms with Crippen LogP contribution in [0.1, 0.15) is 19.4 Å². The third kappa shape index (κ3) is 9.03. The number of alkyl carbamates (subject to hydrolysis) is 1. The van der Waals surface area contributed by atoms with Crippen molar-refractivity contribution in [2.24, 2.45) is 0 Å². The van der Waals surface area contributed by atoms with Gasteiger partial charge in [-0.3, -0.25) is 4.57 Å². The average Bonchev–Trinajstić information content (AvgIpc) is 2.57. The Morgan fingerprint density at radius 2 is 1.71 bits per heavy atom. The summed E-state index contributed by atoms with van der Waals surface area (Å²) in [6.45, 7) is 5.95. The molecule has 0 aromatic heterocycles. The van der Waals surface area contributed by atoms with Crippen molar-refractivity contribution in [2.45, 2.75) is 20.5 Å². The van der Waals surface area contributed by atoms with Gasteiger partial charge in [0.25, 0.3) is 0 Å². The number of rotatable bonds is 12. The van der Waals surface area contributed by atoms with Crippen LogP contribution in [0.15, 0.2) is 30.3 Å². The summed E-state index contributed by atoms with van der Waals surface area (Å²) in [4.78, 5) is 11.5. The van der Waals surface area contributed by atoms with Crippen LogP contribution in [0.5, 0.6) is 0 Å². The fourth-order valence-electron chi connectivity index (χ4n) is 1.93. The molecule has 1 aromatic carbocycles. The third-order valence-corrected chi connectivity index (χ3v) is 5.07. The number of amides is 1. The first kappa shape index (κ1) is 20.6. The summed E-state index contributed by atoms with van der Waals surface area (Å²) in [6, 6.07) is 9.48. The van der Waals surface area contributed by atoms with Crippen molar-refractivity contribution in [3.05, 3.63) is 35.9 Å². The van der Waals surface area contributed by atoms with Crippen molar-refractivity contribution in [2.75, 3.05) is 39.0 Å². The van der Waals surface area contributed by atoms with Crippen LogP contribution in [0.3, 0.4) is 0 Å². The molecular formula is C16H27N2O5P. The molecule has 0 fully saturated rings. The van der Waals surface area contributed by atoms with Gasteiger partial charge in [-0.15, -0.1) is 0 Å². The van der Waals surface area contributed by atoms with E-state index in [4.69, 9.17) is 13.8 Å². The maximum Gasteiger partial charge on any atom is 0.407 e. The van der Waals surface area contributed by atoms with Crippen molar-refractivity contribution in [1.29, 1.82) is 0 Å². The largest absolute Gasteiger partial charge is 0.445 e. The molecule has 1 rings (SSSR count). The molecule has 0 aliphatic rings. The fourth-order valence-corrected chi connectivity index (χ4v) is 3.48. The average molecular weight is 358 g/mol. The normalized spacial score (nSPS) is 11.2. The first-order valence-electron chi connectivity index (χ1n) is 8.13. The van der Waals surface area contributed by atoms with Crippen molar-refractivity contribution >= 4 is 13.7 Å². The highest BCUT2D eigenvalue weighted by Crippen LogP contribution is 2.47. The van der Waals surface area contributed by atoms with Crippen LogP contribution in [-0.4, -0.2) is 45.1 Å². The Balaban J connectivity index is 2.08. The van der Waals surface area contributed by atoms with Crippen LogP contribution in [0.25, 0.3) is 0 Å². The van der Waals surface area contributed by atoms with Gasteiger partial charge in [0.2, 0.25) is 0 Å². The number of ether oxygens (including phenoxy) is 1. The molecule has 0 saturated carbocycles. The molecule has 0 aliphatic heterocycles. The van der Waals surface area contributed by atoms with Gasteiger partial charge in [0.15, 0.2) is 0 Å². The molecular weight excluding hydrogens is 331 g/mol. The van der Waals surface area contributed by atoms with Crippen molar-refractivity contribution < 1.29 is 23.1 Å². The second-order valence-electron chi connectivity index (χ2n) is 4.91. The predicted octanol–water partition coefficient (Wildman–Crippen LogP) is 2.77. The Morgan fingerprint density at radius 1 is 1.04 bits per heavy atom. The zero-order chi connectivity index (χ0) is 17.7. The maximum absolute atomic E-state index is 12.2. The van der Waals surface area contributed by atoms with Gasteiger partial charge >= 0.3 is 13.7 Å². The topological polar surface area (TPSA) is 85.9 Å². The summed E-state index contributed by atoms with van der Waals surface area (Å²) < 4.78 is 27.7. The van der Waals surface area contributed by atoms with E-state index in [9.17, 15) is 9.36 Å². The number of benzene rings is 1. The fraction of sp³-hybridized carbons (Fsp3) is 0.562. The summed E-state index contributed by atoms with van der Waals surface area (Å²) in [7, 11) is -3.01. The highest BCUT2D eigenvalue weighted by Gasteiger charge is 2.22. The highest BCUT2D eigenvalue weighted by atomic mass is 31.2. The van der Waals surface area contributed by atoms with E-state index < -0.39 is 13.7 Å². The lowest BCUT2D eigenvalue weighted by atomic mass is 10.2. The minimum Gasteiger partial charge on any atom is -0.445 e. The Morgan fingerprint density at radius 3 is 2.33 bits per heavy atom. The van der Waals surface area contributed by atoms with Gasteiger partial charge in [0, 0.05) is 19.6 Å². The van der Waals surface area contributed by atoms with Gasteiger partial charge in [-0.2, -0.15) is 0 Å². The SMILES string of the molecule is CCOP(=O)(CCNCCNC(=O)OCc1ccccc1)OCC. The van der Waals surface area contributed by atoms with Crippen LogP contribution in [0.2, 0.25) is 0 Å². The Hall–Kier alpha value is -1.40. The van der Waals surface area contributed by atoms with Gasteiger partial charge in [-0.1, -0.05) is 30.3 Å². The van der Waals surface area contributed by atoms with E-state index in [-0.39, 0.29) is 6.61 Å². The summed E-state index contributed by atoms with van der Waals surface area (Å²) in [6.07, 6.45) is -0.164. The van der Waals surface area contributed by atoms with Gasteiger partial charge in [0.1, 0.15) is 6.61 Å². The Bertz CT molecular complexity index is 502. The first-order valence-corrected chi connectivity index (χ1v) is 9.86. The Kier molecular flexibility index (Phi) is 10.4. The molecule has 8 heteroatoms. The van der Waals surface area contributed by atoms with Crippen LogP contribution in [0.4, 0.5) is 4.79 Å². The highest BCUT2D eigenvalue weighted by molar-refractivity contribution is 7.53. The van der Waals surface area contributed by atoms with E-state index >= 15 is 0 Å². The molecule has 0 spiro atoms. The zero-order valence-corrected chi connectivity index (χ0v) is 15.2. The number of carbonyl (C=O) groups is 1.